The van der Waals surface area contributed by atoms with Crippen LogP contribution in [0.15, 0.2) is 18.2 Å². The second-order valence-electron chi connectivity index (χ2n) is 16.1. The van der Waals surface area contributed by atoms with Crippen molar-refractivity contribution in [1.29, 1.82) is 0 Å². The van der Waals surface area contributed by atoms with Crippen LogP contribution in [-0.4, -0.2) is 89.2 Å². The van der Waals surface area contributed by atoms with Gasteiger partial charge in [-0.3, -0.25) is 24.0 Å². The number of nitrogens with one attached hydrogen (secondary N) is 3. The first-order valence-electron chi connectivity index (χ1n) is 18.6. The molecule has 0 aromatic heterocycles. The lowest BCUT2D eigenvalue weighted by molar-refractivity contribution is -0.141. The second-order valence-corrected chi connectivity index (χ2v) is 18.1. The van der Waals surface area contributed by atoms with Gasteiger partial charge in [-0.2, -0.15) is 13.2 Å². The fourth-order valence-corrected chi connectivity index (χ4v) is 9.10. The fourth-order valence-electron chi connectivity index (χ4n) is 7.74. The van der Waals surface area contributed by atoms with Crippen LogP contribution >= 0.6 is 0 Å². The average Bonchev–Trinajstić information content (AvgIpc) is 3.95. The van der Waals surface area contributed by atoms with Crippen molar-refractivity contribution in [2.75, 3.05) is 6.54 Å². The van der Waals surface area contributed by atoms with Gasteiger partial charge in [0.05, 0.1) is 23.9 Å². The third-order valence-electron chi connectivity index (χ3n) is 10.8. The second kappa shape index (κ2) is 14.9. The van der Waals surface area contributed by atoms with E-state index in [1.54, 1.807) is 20.8 Å². The van der Waals surface area contributed by atoms with E-state index in [-0.39, 0.29) is 50.4 Å². The van der Waals surface area contributed by atoms with Crippen molar-refractivity contribution in [2.24, 2.45) is 5.92 Å². The Morgan fingerprint density at radius 2 is 1.65 bits per heavy atom. The Bertz CT molecular complexity index is 1780. The number of nitrogens with zero attached hydrogens (tertiary/aromatic N) is 2. The quantitative estimate of drug-likeness (QED) is 0.394. The summed E-state index contributed by atoms with van der Waals surface area (Å²) in [6.07, 6.45) is -2.28. The SMILES string of the molecule is CC(C)(C)OC(=O)N[C@H]1CCCCCCC[C@@H]2C[C@@]2(C(=O)NS(=O)(=O)C2CC2)NC(=O)[C@@H]2C[C@@H](OC(=O)N3Cc4cccc(C(F)(F)F)c4C3)CN2C1=O. The molecule has 2 saturated carbocycles. The number of carbonyl (C=O) groups excluding carboxylic acids is 5. The highest BCUT2D eigenvalue weighted by atomic mass is 32.2. The summed E-state index contributed by atoms with van der Waals surface area (Å²) < 4.78 is 80.0. The summed E-state index contributed by atoms with van der Waals surface area (Å²) in [6.45, 7) is 4.22. The number of fused-ring (bicyclic) bond motifs is 3. The summed E-state index contributed by atoms with van der Waals surface area (Å²) in [5.74, 6) is -2.61. The molecular weight excluding hydrogens is 735 g/mol. The van der Waals surface area contributed by atoms with Gasteiger partial charge in [0.25, 0.3) is 5.91 Å². The van der Waals surface area contributed by atoms with Crippen LogP contribution in [0.3, 0.4) is 0 Å². The molecule has 2 saturated heterocycles. The van der Waals surface area contributed by atoms with Crippen molar-refractivity contribution in [3.63, 3.8) is 0 Å². The highest BCUT2D eigenvalue weighted by molar-refractivity contribution is 7.91. The number of carbonyl (C=O) groups is 5. The van der Waals surface area contributed by atoms with Crippen LogP contribution in [0.2, 0.25) is 0 Å². The molecule has 2 aliphatic carbocycles. The predicted molar refractivity (Wildman–Crippen MR) is 186 cm³/mol. The van der Waals surface area contributed by atoms with Gasteiger partial charge in [-0.15, -0.1) is 0 Å². The molecule has 5 aliphatic rings. The molecule has 54 heavy (non-hydrogen) atoms. The Balaban J connectivity index is 1.24. The van der Waals surface area contributed by atoms with Crippen LogP contribution in [0.5, 0.6) is 0 Å². The van der Waals surface area contributed by atoms with Gasteiger partial charge in [-0.1, -0.05) is 44.2 Å². The van der Waals surface area contributed by atoms with E-state index >= 15 is 0 Å². The molecule has 1 aromatic carbocycles. The number of benzene rings is 1. The lowest BCUT2D eigenvalue weighted by Crippen LogP contribution is -2.58. The van der Waals surface area contributed by atoms with Gasteiger partial charge in [-0.05, 0) is 76.0 Å². The molecule has 0 radical (unpaired) electrons. The molecule has 0 unspecified atom stereocenters. The molecular formula is C36H48F3N5O9S. The van der Waals surface area contributed by atoms with Crippen molar-refractivity contribution in [3.05, 3.63) is 34.9 Å². The number of alkyl halides is 3. The first-order valence-corrected chi connectivity index (χ1v) is 20.1. The molecule has 4 fully saturated rings. The topological polar surface area (TPSA) is 181 Å². The standard InChI is InChI=1S/C36H48F3N5O9S/c1-34(2,3)53-32(48)40-27-13-8-6-4-5-7-11-22-17-35(22,31(47)42-54(50,51)24-14-15-24)41-29(45)28-16-23(19-44(28)30(27)46)52-33(49)43-18-21-10-9-12-26(25(21)20-43)36(37,38)39/h9-10,12,22-24,27-28H,4-8,11,13-20H2,1-3H3,(H,40,48)(H,41,45)(H,42,47)/t22-,23-,27+,28+,35-/m1/s1. The highest BCUT2D eigenvalue weighted by Gasteiger charge is 2.62. The van der Waals surface area contributed by atoms with E-state index in [2.05, 4.69) is 15.4 Å². The molecule has 3 N–H and O–H groups in total. The van der Waals surface area contributed by atoms with Gasteiger partial charge in [0.1, 0.15) is 29.3 Å². The van der Waals surface area contributed by atoms with Crippen molar-refractivity contribution in [2.45, 2.75) is 145 Å². The van der Waals surface area contributed by atoms with Crippen molar-refractivity contribution in [1.82, 2.24) is 25.2 Å². The van der Waals surface area contributed by atoms with Gasteiger partial charge < -0.3 is 25.0 Å². The third kappa shape index (κ3) is 8.89. The van der Waals surface area contributed by atoms with Crippen molar-refractivity contribution < 1.29 is 55.0 Å². The summed E-state index contributed by atoms with van der Waals surface area (Å²) in [5, 5.41) is 4.74. The van der Waals surface area contributed by atoms with E-state index in [9.17, 15) is 45.6 Å². The predicted octanol–water partition coefficient (Wildman–Crippen LogP) is 4.25. The summed E-state index contributed by atoms with van der Waals surface area (Å²) in [7, 11) is -3.94. The van der Waals surface area contributed by atoms with Gasteiger partial charge >= 0.3 is 18.4 Å². The van der Waals surface area contributed by atoms with E-state index in [0.717, 1.165) is 36.6 Å². The maximum Gasteiger partial charge on any atom is 0.416 e. The number of rotatable bonds is 5. The first kappa shape index (κ1) is 39.6. The maximum atomic E-state index is 14.3. The van der Waals surface area contributed by atoms with Gasteiger partial charge in [0, 0.05) is 13.0 Å². The maximum absolute atomic E-state index is 14.3. The molecule has 5 amide bonds. The molecule has 14 nitrogen and oxygen atoms in total. The number of alkyl carbamates (subject to hydrolysis) is 1. The van der Waals surface area contributed by atoms with Crippen LogP contribution in [0.25, 0.3) is 0 Å². The summed E-state index contributed by atoms with van der Waals surface area (Å²) in [5.41, 5.74) is -2.99. The number of ether oxygens (including phenoxy) is 2. The molecule has 18 heteroatoms. The number of hydrogen-bond donors (Lipinski definition) is 3. The minimum absolute atomic E-state index is 0.0436. The molecule has 298 valence electrons. The Labute approximate surface area is 312 Å². The number of halogens is 3. The number of hydrogen-bond acceptors (Lipinski definition) is 9. The fraction of sp³-hybridized carbons (Fsp3) is 0.694. The van der Waals surface area contributed by atoms with Crippen LogP contribution in [0.4, 0.5) is 22.8 Å². The summed E-state index contributed by atoms with van der Waals surface area (Å²) in [6, 6.07) is 1.28. The van der Waals surface area contributed by atoms with Crippen LogP contribution in [0, 0.1) is 5.92 Å². The molecule has 3 heterocycles. The monoisotopic (exact) mass is 783 g/mol. The Morgan fingerprint density at radius 1 is 0.963 bits per heavy atom. The number of amides is 5. The van der Waals surface area contributed by atoms with E-state index in [4.69, 9.17) is 9.47 Å². The first-order chi connectivity index (χ1) is 25.3. The Hall–Kier alpha value is -4.09. The highest BCUT2D eigenvalue weighted by Crippen LogP contribution is 2.48. The Morgan fingerprint density at radius 3 is 2.31 bits per heavy atom. The van der Waals surface area contributed by atoms with E-state index in [0.29, 0.717) is 31.2 Å². The number of sulfonamides is 1. The zero-order valence-corrected chi connectivity index (χ0v) is 31.4. The van der Waals surface area contributed by atoms with E-state index in [1.165, 1.54) is 17.0 Å². The molecule has 5 atom stereocenters. The van der Waals surface area contributed by atoms with Gasteiger partial charge in [0.2, 0.25) is 21.8 Å². The summed E-state index contributed by atoms with van der Waals surface area (Å²) in [4.78, 5) is 70.8. The molecule has 6 rings (SSSR count). The molecule has 3 aliphatic heterocycles. The normalized spacial score (nSPS) is 28.0. The molecule has 1 aromatic rings. The van der Waals surface area contributed by atoms with E-state index in [1.807, 2.05) is 0 Å². The minimum atomic E-state index is -4.63. The van der Waals surface area contributed by atoms with Crippen LogP contribution in [0.1, 0.15) is 108 Å². The Kier molecular flexibility index (Phi) is 10.9. The lowest BCUT2D eigenvalue weighted by atomic mass is 10.0. The summed E-state index contributed by atoms with van der Waals surface area (Å²) >= 11 is 0. The van der Waals surface area contributed by atoms with Crippen molar-refractivity contribution in [3.8, 4) is 0 Å². The van der Waals surface area contributed by atoms with Crippen LogP contribution < -0.4 is 15.4 Å². The van der Waals surface area contributed by atoms with E-state index < -0.39 is 86.2 Å². The van der Waals surface area contributed by atoms with Crippen molar-refractivity contribution >= 4 is 39.9 Å². The molecule has 0 spiro atoms. The minimum Gasteiger partial charge on any atom is -0.444 e. The lowest BCUT2D eigenvalue weighted by Gasteiger charge is -2.30. The average molecular weight is 784 g/mol. The smallest absolute Gasteiger partial charge is 0.416 e. The largest absolute Gasteiger partial charge is 0.444 e. The zero-order chi connectivity index (χ0) is 39.2. The van der Waals surface area contributed by atoms with Crippen LogP contribution in [-0.2, 0) is 53.1 Å². The van der Waals surface area contributed by atoms with Gasteiger partial charge in [-0.25, -0.2) is 18.0 Å². The third-order valence-corrected chi connectivity index (χ3v) is 12.6. The zero-order valence-electron chi connectivity index (χ0n) is 30.6. The molecule has 0 bridgehead atoms. The van der Waals surface area contributed by atoms with Gasteiger partial charge in [0.15, 0.2) is 0 Å².